The summed E-state index contributed by atoms with van der Waals surface area (Å²) in [4.78, 5) is 0.242. The van der Waals surface area contributed by atoms with Crippen LogP contribution >= 0.6 is 0 Å². The second kappa shape index (κ2) is 6.64. The summed E-state index contributed by atoms with van der Waals surface area (Å²) in [7, 11) is -3.49. The molecule has 0 bridgehead atoms. The molecule has 3 rings (SSSR count). The topological polar surface area (TPSA) is 55.2 Å². The highest BCUT2D eigenvalue weighted by molar-refractivity contribution is 7.89. The van der Waals surface area contributed by atoms with Gasteiger partial charge in [0.2, 0.25) is 10.0 Å². The summed E-state index contributed by atoms with van der Waals surface area (Å²) >= 11 is 0. The molecule has 7 heteroatoms. The van der Waals surface area contributed by atoms with Crippen molar-refractivity contribution in [2.75, 3.05) is 13.1 Å². The van der Waals surface area contributed by atoms with Crippen LogP contribution in [0.4, 0.5) is 4.39 Å². The minimum atomic E-state index is -3.49. The van der Waals surface area contributed by atoms with E-state index in [2.05, 4.69) is 5.10 Å². The molecule has 1 fully saturated rings. The Kier molecular flexibility index (Phi) is 4.73. The number of benzene rings is 1. The van der Waals surface area contributed by atoms with Crippen LogP contribution in [0.3, 0.4) is 0 Å². The number of rotatable bonds is 5. The van der Waals surface area contributed by atoms with E-state index in [1.165, 1.54) is 10.5 Å². The summed E-state index contributed by atoms with van der Waals surface area (Å²) in [6, 6.07) is 5.24. The average Bonchev–Trinajstić information content (AvgIpc) is 3.20. The lowest BCUT2D eigenvalue weighted by Crippen LogP contribution is -2.29. The predicted molar refractivity (Wildman–Crippen MR) is 89.6 cm³/mol. The van der Waals surface area contributed by atoms with Crippen molar-refractivity contribution in [3.8, 4) is 0 Å². The van der Waals surface area contributed by atoms with Gasteiger partial charge in [0.05, 0.1) is 6.20 Å². The van der Waals surface area contributed by atoms with Crippen LogP contribution in [0, 0.1) is 18.7 Å². The smallest absolute Gasteiger partial charge is 0.246 e. The molecule has 0 N–H and O–H groups in total. The zero-order valence-electron chi connectivity index (χ0n) is 13.9. The van der Waals surface area contributed by atoms with E-state index in [1.54, 1.807) is 29.9 Å². The number of nitrogens with zero attached hydrogens (tertiary/aromatic N) is 3. The molecule has 1 aromatic carbocycles. The number of halogens is 1. The Hall–Kier alpha value is -1.73. The summed E-state index contributed by atoms with van der Waals surface area (Å²) in [5.74, 6) is 0.00468. The van der Waals surface area contributed by atoms with E-state index in [0.717, 1.165) is 12.0 Å². The maximum Gasteiger partial charge on any atom is 0.246 e. The van der Waals surface area contributed by atoms with Crippen LogP contribution in [0.2, 0.25) is 0 Å². The molecule has 0 radical (unpaired) electrons. The lowest BCUT2D eigenvalue weighted by atomic mass is 9.98. The third-order valence-electron chi connectivity index (χ3n) is 4.58. The van der Waals surface area contributed by atoms with Crippen LogP contribution in [-0.4, -0.2) is 35.6 Å². The van der Waals surface area contributed by atoms with Crippen LogP contribution in [0.5, 0.6) is 0 Å². The molecule has 1 saturated heterocycles. The Bertz CT molecular complexity index is 832. The molecule has 1 unspecified atom stereocenters. The third-order valence-corrected chi connectivity index (χ3v) is 6.40. The van der Waals surface area contributed by atoms with Crippen molar-refractivity contribution in [1.29, 1.82) is 0 Å². The van der Waals surface area contributed by atoms with E-state index in [1.807, 2.05) is 13.0 Å². The van der Waals surface area contributed by atoms with Gasteiger partial charge in [-0.15, -0.1) is 0 Å². The molecule has 1 atom stereocenters. The van der Waals surface area contributed by atoms with E-state index in [9.17, 15) is 12.8 Å². The van der Waals surface area contributed by atoms with E-state index in [4.69, 9.17) is 0 Å². The van der Waals surface area contributed by atoms with Crippen molar-refractivity contribution in [2.24, 2.45) is 5.92 Å². The molecule has 1 aliphatic heterocycles. The highest BCUT2D eigenvalue weighted by atomic mass is 32.2. The molecule has 5 nitrogen and oxygen atoms in total. The zero-order chi connectivity index (χ0) is 17.3. The van der Waals surface area contributed by atoms with Gasteiger partial charge in [0, 0.05) is 25.8 Å². The number of aryl methyl sites for hydroxylation is 2. The predicted octanol–water partition coefficient (Wildman–Crippen LogP) is 2.60. The largest absolute Gasteiger partial charge is 0.272 e. The first kappa shape index (κ1) is 17.1. The fourth-order valence-electron chi connectivity index (χ4n) is 3.08. The summed E-state index contributed by atoms with van der Waals surface area (Å²) in [6.07, 6.45) is 4.45. The molecule has 0 spiro atoms. The second-order valence-corrected chi connectivity index (χ2v) is 8.28. The Morgan fingerprint density at radius 2 is 2.17 bits per heavy atom. The van der Waals surface area contributed by atoms with E-state index in [-0.39, 0.29) is 16.6 Å². The van der Waals surface area contributed by atoms with E-state index < -0.39 is 10.0 Å². The quantitative estimate of drug-likeness (QED) is 0.832. The van der Waals surface area contributed by atoms with E-state index >= 15 is 0 Å². The van der Waals surface area contributed by atoms with Gasteiger partial charge in [0.15, 0.2) is 0 Å². The number of hydrogen-bond donors (Lipinski definition) is 0. The Morgan fingerprint density at radius 3 is 2.83 bits per heavy atom. The van der Waals surface area contributed by atoms with Crippen LogP contribution in [0.25, 0.3) is 0 Å². The van der Waals surface area contributed by atoms with Gasteiger partial charge in [0.1, 0.15) is 10.7 Å². The van der Waals surface area contributed by atoms with Crippen molar-refractivity contribution < 1.29 is 12.8 Å². The molecule has 2 heterocycles. The Morgan fingerprint density at radius 1 is 1.38 bits per heavy atom. The fourth-order valence-corrected chi connectivity index (χ4v) is 4.56. The van der Waals surface area contributed by atoms with Crippen molar-refractivity contribution in [3.05, 3.63) is 47.5 Å². The average molecular weight is 351 g/mol. The highest BCUT2D eigenvalue weighted by Gasteiger charge is 2.33. The van der Waals surface area contributed by atoms with Crippen LogP contribution in [-0.2, 0) is 23.0 Å². The lowest BCUT2D eigenvalue weighted by Gasteiger charge is -2.15. The fraction of sp³-hybridized carbons (Fsp3) is 0.471. The van der Waals surface area contributed by atoms with Gasteiger partial charge < -0.3 is 0 Å². The van der Waals surface area contributed by atoms with Gasteiger partial charge in [-0.2, -0.15) is 9.40 Å². The monoisotopic (exact) mass is 351 g/mol. The third kappa shape index (κ3) is 3.37. The van der Waals surface area contributed by atoms with Gasteiger partial charge in [-0.05, 0) is 49.8 Å². The van der Waals surface area contributed by atoms with Gasteiger partial charge in [0.25, 0.3) is 0 Å². The highest BCUT2D eigenvalue weighted by Crippen LogP contribution is 2.27. The number of aromatic nitrogens is 2. The number of sulfonamides is 1. The summed E-state index contributed by atoms with van der Waals surface area (Å²) in [6.45, 7) is 5.25. The summed E-state index contributed by atoms with van der Waals surface area (Å²) in [5.41, 5.74) is 1.54. The van der Waals surface area contributed by atoms with Crippen LogP contribution in [0.15, 0.2) is 35.5 Å². The van der Waals surface area contributed by atoms with Gasteiger partial charge in [-0.1, -0.05) is 12.1 Å². The maximum atomic E-state index is 13.7. The van der Waals surface area contributed by atoms with Crippen molar-refractivity contribution >= 4 is 10.0 Å². The van der Waals surface area contributed by atoms with Gasteiger partial charge >= 0.3 is 0 Å². The van der Waals surface area contributed by atoms with Crippen LogP contribution < -0.4 is 0 Å². The van der Waals surface area contributed by atoms with Gasteiger partial charge in [-0.3, -0.25) is 4.68 Å². The molecule has 2 aromatic rings. The second-order valence-electron chi connectivity index (χ2n) is 6.34. The molecule has 130 valence electrons. The Balaban J connectivity index is 1.69. The number of hydrogen-bond acceptors (Lipinski definition) is 3. The first-order chi connectivity index (χ1) is 11.4. The molecule has 0 amide bonds. The van der Waals surface area contributed by atoms with Crippen molar-refractivity contribution in [3.63, 3.8) is 0 Å². The van der Waals surface area contributed by atoms with Gasteiger partial charge in [-0.25, -0.2) is 12.8 Å². The standard InChI is InChI=1S/C17H22FN3O2S/c1-3-20-12-16(10-19-20)24(22,23)21-7-6-15(11-21)8-14-5-4-13(2)17(18)9-14/h4-5,9-10,12,15H,3,6-8,11H2,1-2H3. The molecular formula is C17H22FN3O2S. The molecule has 0 aliphatic carbocycles. The lowest BCUT2D eigenvalue weighted by molar-refractivity contribution is 0.455. The van der Waals surface area contributed by atoms with Crippen LogP contribution in [0.1, 0.15) is 24.5 Å². The first-order valence-electron chi connectivity index (χ1n) is 8.17. The molecule has 0 saturated carbocycles. The molecule has 1 aliphatic rings. The molecule has 24 heavy (non-hydrogen) atoms. The first-order valence-corrected chi connectivity index (χ1v) is 9.61. The minimum Gasteiger partial charge on any atom is -0.272 e. The van der Waals surface area contributed by atoms with E-state index in [0.29, 0.717) is 31.6 Å². The Labute approximate surface area is 142 Å². The SMILES string of the molecule is CCn1cc(S(=O)(=O)N2CCC(Cc3ccc(C)c(F)c3)C2)cn1. The normalized spacial score (nSPS) is 19.0. The molecule has 1 aromatic heterocycles. The van der Waals surface area contributed by atoms with Crippen molar-refractivity contribution in [1.82, 2.24) is 14.1 Å². The zero-order valence-corrected chi connectivity index (χ0v) is 14.8. The molecular weight excluding hydrogens is 329 g/mol. The maximum absolute atomic E-state index is 13.7. The summed E-state index contributed by atoms with van der Waals surface area (Å²) < 4.78 is 42.1. The van der Waals surface area contributed by atoms with Crippen molar-refractivity contribution in [2.45, 2.75) is 38.1 Å². The minimum absolute atomic E-state index is 0.207. The summed E-state index contributed by atoms with van der Waals surface area (Å²) in [5, 5.41) is 4.05.